The van der Waals surface area contributed by atoms with Gasteiger partial charge in [-0.2, -0.15) is 0 Å². The van der Waals surface area contributed by atoms with Crippen molar-refractivity contribution in [3.8, 4) is 10.8 Å². The molecular weight excluding hydrogens is 382 g/mol. The number of nitrogens with zero attached hydrogens (tertiary/aromatic N) is 4. The number of hydrogen-bond acceptors (Lipinski definition) is 8. The summed E-state index contributed by atoms with van der Waals surface area (Å²) in [4.78, 5) is 25.4. The van der Waals surface area contributed by atoms with E-state index in [9.17, 15) is 14.9 Å². The predicted octanol–water partition coefficient (Wildman–Crippen LogP) is 3.56. The van der Waals surface area contributed by atoms with E-state index in [-0.39, 0.29) is 18.1 Å². The van der Waals surface area contributed by atoms with Gasteiger partial charge in [0.15, 0.2) is 0 Å². The molecule has 0 bridgehead atoms. The fraction of sp³-hybridized carbons (Fsp3) is 0.278. The fourth-order valence-electron chi connectivity index (χ4n) is 2.61. The quantitative estimate of drug-likeness (QED) is 0.431. The van der Waals surface area contributed by atoms with Crippen LogP contribution in [0.1, 0.15) is 19.2 Å². The Morgan fingerprint density at radius 1 is 1.29 bits per heavy atom. The fourth-order valence-corrected chi connectivity index (χ4v) is 3.25. The molecule has 0 spiro atoms. The lowest BCUT2D eigenvalue weighted by molar-refractivity contribution is -0.384. The molecule has 0 aliphatic carbocycles. The van der Waals surface area contributed by atoms with Crippen LogP contribution in [0.4, 0.5) is 11.4 Å². The summed E-state index contributed by atoms with van der Waals surface area (Å²) >= 11 is 1.52. The van der Waals surface area contributed by atoms with Gasteiger partial charge in [0.25, 0.3) is 11.6 Å². The Bertz CT molecular complexity index is 924. The molecule has 2 aromatic heterocycles. The first-order valence-electron chi connectivity index (χ1n) is 8.68. The number of carbonyl (C=O) groups excluding carboxylic acids is 1. The summed E-state index contributed by atoms with van der Waals surface area (Å²) in [5, 5.41) is 23.5. The largest absolute Gasteiger partial charge is 0.419 e. The van der Waals surface area contributed by atoms with Gasteiger partial charge >= 0.3 is 0 Å². The molecule has 9 nitrogen and oxygen atoms in total. The first-order valence-corrected chi connectivity index (χ1v) is 9.56. The lowest BCUT2D eigenvalue weighted by atomic mass is 10.3. The van der Waals surface area contributed by atoms with Crippen molar-refractivity contribution in [2.24, 2.45) is 0 Å². The van der Waals surface area contributed by atoms with Crippen LogP contribution >= 0.6 is 11.3 Å². The minimum Gasteiger partial charge on any atom is -0.419 e. The van der Waals surface area contributed by atoms with E-state index in [0.717, 1.165) is 11.3 Å². The number of nitrogens with one attached hydrogen (secondary N) is 1. The van der Waals surface area contributed by atoms with Crippen LogP contribution in [0.3, 0.4) is 0 Å². The average Bonchev–Trinajstić information content (AvgIpc) is 3.33. The molecular formula is C18H19N5O4S. The van der Waals surface area contributed by atoms with Crippen molar-refractivity contribution in [2.75, 3.05) is 18.4 Å². The molecule has 1 amide bonds. The molecule has 0 atom stereocenters. The number of non-ortho nitro benzene ring substituents is 1. The maximum Gasteiger partial charge on any atom is 0.269 e. The Morgan fingerprint density at radius 2 is 2.07 bits per heavy atom. The highest BCUT2D eigenvalue weighted by Gasteiger charge is 2.16. The van der Waals surface area contributed by atoms with Crippen LogP contribution in [-0.4, -0.2) is 39.0 Å². The highest BCUT2D eigenvalue weighted by molar-refractivity contribution is 7.13. The number of carbonyl (C=O) groups is 1. The van der Waals surface area contributed by atoms with E-state index in [1.54, 1.807) is 0 Å². The van der Waals surface area contributed by atoms with E-state index in [1.807, 2.05) is 29.3 Å². The van der Waals surface area contributed by atoms with Gasteiger partial charge in [0.2, 0.25) is 11.8 Å². The van der Waals surface area contributed by atoms with Crippen LogP contribution in [0.25, 0.3) is 10.8 Å². The Hall–Kier alpha value is -3.11. The summed E-state index contributed by atoms with van der Waals surface area (Å²) < 4.78 is 5.69. The predicted molar refractivity (Wildman–Crippen MR) is 105 cm³/mol. The van der Waals surface area contributed by atoms with E-state index in [0.29, 0.717) is 30.6 Å². The second-order valence-corrected chi connectivity index (χ2v) is 6.99. The summed E-state index contributed by atoms with van der Waals surface area (Å²) in [6.07, 6.45) is 0.858. The number of nitro groups is 1. The number of nitro benzene ring substituents is 1. The molecule has 1 N–H and O–H groups in total. The van der Waals surface area contributed by atoms with Crippen LogP contribution in [0, 0.1) is 10.1 Å². The standard InChI is InChI=1S/C18H19N5O4S/c1-2-9-22(12-17-20-21-18(27-17)15-4-3-10-28-15)11-16(24)19-13-5-7-14(8-6-13)23(25)26/h3-8,10H,2,9,11-12H2,1H3,(H,19,24). The molecule has 28 heavy (non-hydrogen) atoms. The smallest absolute Gasteiger partial charge is 0.269 e. The molecule has 2 heterocycles. The van der Waals surface area contributed by atoms with Crippen molar-refractivity contribution >= 4 is 28.6 Å². The van der Waals surface area contributed by atoms with Gasteiger partial charge < -0.3 is 9.73 Å². The summed E-state index contributed by atoms with van der Waals surface area (Å²) in [6.45, 7) is 3.21. The lowest BCUT2D eigenvalue weighted by Gasteiger charge is -2.19. The van der Waals surface area contributed by atoms with Crippen molar-refractivity contribution < 1.29 is 14.1 Å². The topological polar surface area (TPSA) is 114 Å². The van der Waals surface area contributed by atoms with Crippen LogP contribution in [0.2, 0.25) is 0 Å². The Labute approximate surface area is 165 Å². The Balaban J connectivity index is 1.59. The second kappa shape index (κ2) is 9.20. The monoisotopic (exact) mass is 401 g/mol. The molecule has 1 aromatic carbocycles. The van der Waals surface area contributed by atoms with Gasteiger partial charge in [-0.05, 0) is 36.5 Å². The van der Waals surface area contributed by atoms with E-state index in [1.165, 1.54) is 35.6 Å². The summed E-state index contributed by atoms with van der Waals surface area (Å²) in [6, 6.07) is 9.53. The summed E-state index contributed by atoms with van der Waals surface area (Å²) in [5.74, 6) is 0.692. The van der Waals surface area contributed by atoms with Gasteiger partial charge in [-0.1, -0.05) is 13.0 Å². The number of rotatable bonds is 9. The van der Waals surface area contributed by atoms with Gasteiger partial charge in [0.1, 0.15) is 0 Å². The van der Waals surface area contributed by atoms with Crippen molar-refractivity contribution in [3.63, 3.8) is 0 Å². The van der Waals surface area contributed by atoms with Crippen LogP contribution < -0.4 is 5.32 Å². The van der Waals surface area contributed by atoms with Gasteiger partial charge in [0.05, 0.1) is 22.9 Å². The molecule has 0 saturated heterocycles. The van der Waals surface area contributed by atoms with Crippen LogP contribution in [0.15, 0.2) is 46.2 Å². The molecule has 3 rings (SSSR count). The SMILES string of the molecule is CCCN(CC(=O)Nc1ccc([N+](=O)[O-])cc1)Cc1nnc(-c2cccs2)o1. The molecule has 0 saturated carbocycles. The van der Waals surface area contributed by atoms with Gasteiger partial charge in [-0.15, -0.1) is 21.5 Å². The normalized spacial score (nSPS) is 10.9. The van der Waals surface area contributed by atoms with Crippen molar-refractivity contribution in [1.82, 2.24) is 15.1 Å². The average molecular weight is 401 g/mol. The highest BCUT2D eigenvalue weighted by Crippen LogP contribution is 2.23. The zero-order valence-electron chi connectivity index (χ0n) is 15.2. The number of anilines is 1. The second-order valence-electron chi connectivity index (χ2n) is 6.04. The molecule has 0 radical (unpaired) electrons. The Kier molecular flexibility index (Phi) is 6.45. The zero-order chi connectivity index (χ0) is 19.9. The summed E-state index contributed by atoms with van der Waals surface area (Å²) in [5.41, 5.74) is 0.480. The Morgan fingerprint density at radius 3 is 2.71 bits per heavy atom. The van der Waals surface area contributed by atoms with Crippen molar-refractivity contribution in [3.05, 3.63) is 57.8 Å². The van der Waals surface area contributed by atoms with Crippen molar-refractivity contribution in [2.45, 2.75) is 19.9 Å². The third-order valence-corrected chi connectivity index (χ3v) is 4.68. The lowest BCUT2D eigenvalue weighted by Crippen LogP contribution is -2.33. The summed E-state index contributed by atoms with van der Waals surface area (Å²) in [7, 11) is 0. The number of thiophene rings is 1. The zero-order valence-corrected chi connectivity index (χ0v) is 16.0. The van der Waals surface area contributed by atoms with E-state index < -0.39 is 4.92 Å². The molecule has 0 unspecified atom stereocenters. The van der Waals surface area contributed by atoms with Crippen LogP contribution in [0.5, 0.6) is 0 Å². The molecule has 0 aliphatic rings. The molecule has 3 aromatic rings. The molecule has 0 fully saturated rings. The molecule has 0 aliphatic heterocycles. The molecule has 146 valence electrons. The van der Waals surface area contributed by atoms with Crippen LogP contribution in [-0.2, 0) is 11.3 Å². The van der Waals surface area contributed by atoms with E-state index in [4.69, 9.17) is 4.42 Å². The maximum absolute atomic E-state index is 12.3. The minimum atomic E-state index is -0.483. The highest BCUT2D eigenvalue weighted by atomic mass is 32.1. The van der Waals surface area contributed by atoms with E-state index in [2.05, 4.69) is 15.5 Å². The van der Waals surface area contributed by atoms with E-state index >= 15 is 0 Å². The number of amides is 1. The third-order valence-electron chi connectivity index (χ3n) is 3.83. The number of aromatic nitrogens is 2. The number of benzene rings is 1. The molecule has 10 heteroatoms. The number of hydrogen-bond donors (Lipinski definition) is 1. The van der Waals surface area contributed by atoms with Gasteiger partial charge in [0, 0.05) is 17.8 Å². The van der Waals surface area contributed by atoms with Gasteiger partial charge in [-0.25, -0.2) is 0 Å². The first-order chi connectivity index (χ1) is 13.5. The van der Waals surface area contributed by atoms with Crippen molar-refractivity contribution in [1.29, 1.82) is 0 Å². The minimum absolute atomic E-state index is 0.0245. The van der Waals surface area contributed by atoms with Gasteiger partial charge in [-0.3, -0.25) is 19.8 Å². The third kappa shape index (κ3) is 5.21. The maximum atomic E-state index is 12.3. The first kappa shape index (κ1) is 19.6.